The molecule has 1 unspecified atom stereocenters. The van der Waals surface area contributed by atoms with Gasteiger partial charge >= 0.3 is 0 Å². The normalized spacial score (nSPS) is 17.7. The number of carbonyl (C=O) groups is 1. The smallest absolute Gasteiger partial charge is 0.270 e. The van der Waals surface area contributed by atoms with Crippen LogP contribution in [0.5, 0.6) is 0 Å². The van der Waals surface area contributed by atoms with Crippen molar-refractivity contribution in [2.24, 2.45) is 0 Å². The summed E-state index contributed by atoms with van der Waals surface area (Å²) < 4.78 is 1.71. The van der Waals surface area contributed by atoms with Crippen molar-refractivity contribution in [3.8, 4) is 0 Å². The Morgan fingerprint density at radius 2 is 1.90 bits per heavy atom. The van der Waals surface area contributed by atoms with E-state index < -0.39 is 0 Å². The van der Waals surface area contributed by atoms with Gasteiger partial charge in [-0.25, -0.2) is 0 Å². The van der Waals surface area contributed by atoms with Gasteiger partial charge in [0.1, 0.15) is 5.82 Å². The molecule has 1 aliphatic rings. The van der Waals surface area contributed by atoms with Gasteiger partial charge in [0, 0.05) is 23.4 Å². The maximum atomic E-state index is 12.3. The molecular formula is C15H16ClN3O2. The van der Waals surface area contributed by atoms with Crippen LogP contribution in [0.3, 0.4) is 0 Å². The first-order valence-electron chi connectivity index (χ1n) is 6.87. The van der Waals surface area contributed by atoms with E-state index in [0.29, 0.717) is 16.4 Å². The molecule has 5 nitrogen and oxygen atoms in total. The minimum absolute atomic E-state index is 0.0608. The second-order valence-electron chi connectivity index (χ2n) is 5.52. The average Bonchev–Trinajstić information content (AvgIpc) is 2.76. The molecule has 0 fully saturated rings. The second-order valence-corrected chi connectivity index (χ2v) is 5.96. The molecule has 0 bridgehead atoms. The predicted molar refractivity (Wildman–Crippen MR) is 82.0 cm³/mol. The Hall–Kier alpha value is -2.01. The van der Waals surface area contributed by atoms with E-state index in [9.17, 15) is 9.59 Å². The highest BCUT2D eigenvalue weighted by Crippen LogP contribution is 2.36. The molecule has 0 saturated carbocycles. The fourth-order valence-corrected chi connectivity index (χ4v) is 2.88. The molecule has 1 aliphatic heterocycles. The van der Waals surface area contributed by atoms with Crippen molar-refractivity contribution in [1.82, 2.24) is 9.78 Å². The van der Waals surface area contributed by atoms with E-state index in [1.54, 1.807) is 16.8 Å². The summed E-state index contributed by atoms with van der Waals surface area (Å²) in [6.45, 7) is 3.91. The van der Waals surface area contributed by atoms with E-state index in [1.165, 1.54) is 0 Å². The third-order valence-electron chi connectivity index (χ3n) is 3.75. The average molecular weight is 306 g/mol. The Morgan fingerprint density at radius 3 is 2.52 bits per heavy atom. The number of rotatable bonds is 2. The summed E-state index contributed by atoms with van der Waals surface area (Å²) in [6.07, 6.45) is 0.264. The van der Waals surface area contributed by atoms with Crippen LogP contribution in [-0.4, -0.2) is 15.7 Å². The molecule has 1 atom stereocenters. The Balaban J connectivity index is 2.16. The molecule has 1 aromatic carbocycles. The third kappa shape index (κ3) is 2.38. The molecule has 1 amide bonds. The lowest BCUT2D eigenvalue weighted by molar-refractivity contribution is -0.116. The van der Waals surface area contributed by atoms with E-state index in [2.05, 4.69) is 10.4 Å². The molecule has 1 aromatic heterocycles. The van der Waals surface area contributed by atoms with Crippen LogP contribution in [0.4, 0.5) is 5.82 Å². The Morgan fingerprint density at radius 1 is 1.24 bits per heavy atom. The number of hydrogen-bond acceptors (Lipinski definition) is 2. The molecular weight excluding hydrogens is 290 g/mol. The molecule has 110 valence electrons. The minimum Gasteiger partial charge on any atom is -0.311 e. The fourth-order valence-electron chi connectivity index (χ4n) is 2.75. The number of anilines is 1. The highest BCUT2D eigenvalue weighted by molar-refractivity contribution is 6.30. The quantitative estimate of drug-likeness (QED) is 0.896. The zero-order chi connectivity index (χ0) is 15.1. The maximum Gasteiger partial charge on any atom is 0.270 e. The molecule has 2 aromatic rings. The number of nitrogens with zero attached hydrogens (tertiary/aromatic N) is 1. The van der Waals surface area contributed by atoms with Gasteiger partial charge in [-0.2, -0.15) is 0 Å². The standard InChI is InChI=1S/C15H16ClN3O2/c1-8(2)19-14-13(15(21)18-19)11(7-12(20)17-14)9-3-5-10(16)6-4-9/h3-6,8,11H,7H2,1-2H3,(H,17,20)(H,18,21). The van der Waals surface area contributed by atoms with Crippen LogP contribution in [0, 0.1) is 0 Å². The molecule has 2 N–H and O–H groups in total. The van der Waals surface area contributed by atoms with Crippen molar-refractivity contribution in [3.63, 3.8) is 0 Å². The summed E-state index contributed by atoms with van der Waals surface area (Å²) in [5.74, 6) is 0.247. The molecule has 2 heterocycles. The van der Waals surface area contributed by atoms with Crippen molar-refractivity contribution in [2.45, 2.75) is 32.2 Å². The van der Waals surface area contributed by atoms with Gasteiger partial charge in [-0.15, -0.1) is 0 Å². The van der Waals surface area contributed by atoms with E-state index in [4.69, 9.17) is 11.6 Å². The van der Waals surface area contributed by atoms with E-state index in [0.717, 1.165) is 5.56 Å². The SMILES string of the molecule is CC(C)n1[nH]c(=O)c2c1NC(=O)CC2c1ccc(Cl)cc1. The van der Waals surface area contributed by atoms with Crippen LogP contribution in [0.2, 0.25) is 5.02 Å². The fraction of sp³-hybridized carbons (Fsp3) is 0.333. The third-order valence-corrected chi connectivity index (χ3v) is 4.00. The number of benzene rings is 1. The number of H-pyrrole nitrogens is 1. The number of amides is 1. The lowest BCUT2D eigenvalue weighted by atomic mass is 9.87. The van der Waals surface area contributed by atoms with Crippen molar-refractivity contribution in [3.05, 3.63) is 50.8 Å². The lowest BCUT2D eigenvalue weighted by Gasteiger charge is -2.24. The van der Waals surface area contributed by atoms with E-state index in [-0.39, 0.29) is 29.8 Å². The summed E-state index contributed by atoms with van der Waals surface area (Å²) in [4.78, 5) is 24.3. The van der Waals surface area contributed by atoms with Gasteiger partial charge in [0.15, 0.2) is 0 Å². The maximum absolute atomic E-state index is 12.3. The van der Waals surface area contributed by atoms with Gasteiger partial charge in [0.2, 0.25) is 5.91 Å². The van der Waals surface area contributed by atoms with Gasteiger partial charge in [0.25, 0.3) is 5.56 Å². The first-order valence-corrected chi connectivity index (χ1v) is 7.25. The number of fused-ring (bicyclic) bond motifs is 1. The molecule has 0 spiro atoms. The summed E-state index contributed by atoms with van der Waals surface area (Å²) in [7, 11) is 0. The van der Waals surface area contributed by atoms with Crippen LogP contribution >= 0.6 is 11.6 Å². The number of aromatic nitrogens is 2. The van der Waals surface area contributed by atoms with Crippen molar-refractivity contribution in [2.75, 3.05) is 5.32 Å². The molecule has 6 heteroatoms. The van der Waals surface area contributed by atoms with Crippen molar-refractivity contribution in [1.29, 1.82) is 0 Å². The summed E-state index contributed by atoms with van der Waals surface area (Å²) in [5, 5.41) is 6.25. The van der Waals surface area contributed by atoms with Crippen molar-refractivity contribution < 1.29 is 4.79 Å². The lowest BCUT2D eigenvalue weighted by Crippen LogP contribution is -2.27. The van der Waals surface area contributed by atoms with Gasteiger partial charge < -0.3 is 5.32 Å². The first-order chi connectivity index (χ1) is 9.97. The van der Waals surface area contributed by atoms with Crippen LogP contribution in [0.25, 0.3) is 0 Å². The van der Waals surface area contributed by atoms with Gasteiger partial charge in [0.05, 0.1) is 5.56 Å². The monoisotopic (exact) mass is 305 g/mol. The summed E-state index contributed by atoms with van der Waals surface area (Å²) in [6, 6.07) is 7.34. The Bertz CT molecular complexity index is 743. The molecule has 3 rings (SSSR count). The largest absolute Gasteiger partial charge is 0.311 e. The molecule has 21 heavy (non-hydrogen) atoms. The summed E-state index contributed by atoms with van der Waals surface area (Å²) >= 11 is 5.91. The minimum atomic E-state index is -0.241. The zero-order valence-corrected chi connectivity index (χ0v) is 12.6. The van der Waals surface area contributed by atoms with Gasteiger partial charge in [-0.3, -0.25) is 19.4 Å². The topological polar surface area (TPSA) is 66.9 Å². The van der Waals surface area contributed by atoms with Gasteiger partial charge in [-0.1, -0.05) is 23.7 Å². The second kappa shape index (κ2) is 5.07. The molecule has 0 aliphatic carbocycles. The van der Waals surface area contributed by atoms with Crippen LogP contribution in [0.1, 0.15) is 43.4 Å². The number of nitrogens with one attached hydrogen (secondary N) is 2. The number of carbonyl (C=O) groups excluding carboxylic acids is 1. The van der Waals surface area contributed by atoms with Crippen LogP contribution in [-0.2, 0) is 4.79 Å². The molecule has 0 radical (unpaired) electrons. The highest BCUT2D eigenvalue weighted by Gasteiger charge is 2.32. The van der Waals surface area contributed by atoms with E-state index in [1.807, 2.05) is 26.0 Å². The molecule has 0 saturated heterocycles. The number of aromatic amines is 1. The van der Waals surface area contributed by atoms with Crippen LogP contribution in [0.15, 0.2) is 29.1 Å². The predicted octanol–water partition coefficient (Wildman–Crippen LogP) is 2.88. The van der Waals surface area contributed by atoms with Gasteiger partial charge in [-0.05, 0) is 31.5 Å². The first kappa shape index (κ1) is 13.9. The van der Waals surface area contributed by atoms with E-state index >= 15 is 0 Å². The number of hydrogen-bond donors (Lipinski definition) is 2. The van der Waals surface area contributed by atoms with Crippen molar-refractivity contribution >= 4 is 23.3 Å². The Labute approximate surface area is 126 Å². The highest BCUT2D eigenvalue weighted by atomic mass is 35.5. The summed E-state index contributed by atoms with van der Waals surface area (Å²) in [5.41, 5.74) is 1.38. The number of halogens is 1. The van der Waals surface area contributed by atoms with Crippen LogP contribution < -0.4 is 10.9 Å². The Kier molecular flexibility index (Phi) is 3.37. The zero-order valence-electron chi connectivity index (χ0n) is 11.8.